The normalized spacial score (nSPS) is 18.0. The molecule has 0 unspecified atom stereocenters. The van der Waals surface area contributed by atoms with Crippen LogP contribution in [0.25, 0.3) is 0 Å². The summed E-state index contributed by atoms with van der Waals surface area (Å²) in [6, 6.07) is 17.1. The van der Waals surface area contributed by atoms with Crippen LogP contribution in [-0.2, 0) is 4.74 Å². The maximum Gasteiger partial charge on any atom is 0.415 e. The zero-order chi connectivity index (χ0) is 18.5. The molecule has 0 aliphatic carbocycles. The molecule has 26 heavy (non-hydrogen) atoms. The number of allylic oxidation sites excluding steroid dienone is 4. The standard InChI is InChI=1S/C21H20ClNO3/c1-15(22)8-9-16(2)26-19-12-10-18(11-13-19)23-20(14-25-21(23)24)17-6-4-3-5-7-17/h3-13,20H,14H2,1-2H3/b15-8+,16-9+/t20-/m1/s1. The number of carbonyl (C=O) groups excluding carboxylic acids is 1. The molecule has 1 saturated heterocycles. The molecule has 0 aromatic heterocycles. The van der Waals surface area contributed by atoms with Crippen LogP contribution < -0.4 is 9.64 Å². The van der Waals surface area contributed by atoms with E-state index in [9.17, 15) is 4.79 Å². The van der Waals surface area contributed by atoms with Gasteiger partial charge in [0.25, 0.3) is 0 Å². The van der Waals surface area contributed by atoms with Crippen LogP contribution in [0.15, 0.2) is 77.5 Å². The van der Waals surface area contributed by atoms with Crippen molar-refractivity contribution in [3.63, 3.8) is 0 Å². The number of halogens is 1. The second-order valence-corrected chi connectivity index (χ2v) is 6.60. The molecule has 1 fully saturated rings. The molecule has 2 aromatic rings. The summed E-state index contributed by atoms with van der Waals surface area (Å²) in [5, 5.41) is 0.683. The van der Waals surface area contributed by atoms with Gasteiger partial charge in [0.1, 0.15) is 18.1 Å². The highest BCUT2D eigenvalue weighted by molar-refractivity contribution is 6.29. The predicted octanol–water partition coefficient (Wildman–Crippen LogP) is 5.81. The first kappa shape index (κ1) is 18.1. The number of anilines is 1. The summed E-state index contributed by atoms with van der Waals surface area (Å²) >= 11 is 5.81. The molecule has 0 bridgehead atoms. The van der Waals surface area contributed by atoms with Gasteiger partial charge in [-0.3, -0.25) is 4.90 Å². The minimum Gasteiger partial charge on any atom is -0.462 e. The molecule has 1 aliphatic heterocycles. The monoisotopic (exact) mass is 369 g/mol. The summed E-state index contributed by atoms with van der Waals surface area (Å²) in [5.74, 6) is 1.41. The SMILES string of the molecule is C/C(Cl)=C\C=C(/C)Oc1ccc(N2C(=O)OC[C@@H]2c2ccccc2)cc1. The number of ether oxygens (including phenoxy) is 2. The lowest BCUT2D eigenvalue weighted by atomic mass is 10.1. The average Bonchev–Trinajstić information content (AvgIpc) is 3.03. The molecule has 1 amide bonds. The Hall–Kier alpha value is -2.72. The number of nitrogens with zero attached hydrogens (tertiary/aromatic N) is 1. The highest BCUT2D eigenvalue weighted by Crippen LogP contribution is 2.33. The van der Waals surface area contributed by atoms with Gasteiger partial charge in [0, 0.05) is 10.7 Å². The van der Waals surface area contributed by atoms with Gasteiger partial charge in [-0.1, -0.05) is 41.9 Å². The first-order valence-electron chi connectivity index (χ1n) is 8.34. The molecule has 3 rings (SSSR count). The third kappa shape index (κ3) is 4.27. The van der Waals surface area contributed by atoms with Crippen molar-refractivity contribution in [1.82, 2.24) is 0 Å². The van der Waals surface area contributed by atoms with Crippen LogP contribution in [0.1, 0.15) is 25.5 Å². The Balaban J connectivity index is 1.78. The van der Waals surface area contributed by atoms with E-state index in [0.29, 0.717) is 17.4 Å². The first-order chi connectivity index (χ1) is 12.5. The number of benzene rings is 2. The molecule has 2 aromatic carbocycles. The number of hydrogen-bond donors (Lipinski definition) is 0. The van der Waals surface area contributed by atoms with Crippen LogP contribution >= 0.6 is 11.6 Å². The molecule has 1 aliphatic rings. The third-order valence-electron chi connectivity index (χ3n) is 4.00. The molecule has 134 valence electrons. The Morgan fingerprint density at radius 1 is 1.12 bits per heavy atom. The largest absolute Gasteiger partial charge is 0.462 e. The third-order valence-corrected chi connectivity index (χ3v) is 4.12. The van der Waals surface area contributed by atoms with Gasteiger partial charge in [-0.2, -0.15) is 0 Å². The van der Waals surface area contributed by atoms with Gasteiger partial charge < -0.3 is 9.47 Å². The van der Waals surface area contributed by atoms with Crippen molar-refractivity contribution in [2.24, 2.45) is 0 Å². The zero-order valence-corrected chi connectivity index (χ0v) is 15.4. The van der Waals surface area contributed by atoms with Gasteiger partial charge in [-0.15, -0.1) is 0 Å². The number of hydrogen-bond acceptors (Lipinski definition) is 3. The fourth-order valence-electron chi connectivity index (χ4n) is 2.75. The lowest BCUT2D eigenvalue weighted by Gasteiger charge is -2.22. The van der Waals surface area contributed by atoms with Crippen LogP contribution in [0.2, 0.25) is 0 Å². The second kappa shape index (κ2) is 8.11. The fraction of sp³-hybridized carbons (Fsp3) is 0.190. The lowest BCUT2D eigenvalue weighted by molar-refractivity contribution is 0.179. The van der Waals surface area contributed by atoms with Crippen LogP contribution in [0.3, 0.4) is 0 Å². The van der Waals surface area contributed by atoms with Crippen molar-refractivity contribution < 1.29 is 14.3 Å². The highest BCUT2D eigenvalue weighted by Gasteiger charge is 2.35. The van der Waals surface area contributed by atoms with E-state index in [4.69, 9.17) is 21.1 Å². The van der Waals surface area contributed by atoms with Crippen LogP contribution in [0.4, 0.5) is 10.5 Å². The van der Waals surface area contributed by atoms with E-state index in [-0.39, 0.29) is 12.1 Å². The second-order valence-electron chi connectivity index (χ2n) is 6.00. The summed E-state index contributed by atoms with van der Waals surface area (Å²) < 4.78 is 11.0. The van der Waals surface area contributed by atoms with E-state index >= 15 is 0 Å². The van der Waals surface area contributed by atoms with E-state index < -0.39 is 0 Å². The molecule has 1 atom stereocenters. The van der Waals surface area contributed by atoms with Crippen LogP contribution in [0, 0.1) is 0 Å². The number of carbonyl (C=O) groups is 1. The molecule has 4 nitrogen and oxygen atoms in total. The minimum atomic E-state index is -0.341. The summed E-state index contributed by atoms with van der Waals surface area (Å²) in [4.78, 5) is 13.9. The van der Waals surface area contributed by atoms with Crippen LogP contribution in [0.5, 0.6) is 5.75 Å². The quantitative estimate of drug-likeness (QED) is 0.493. The van der Waals surface area contributed by atoms with E-state index in [2.05, 4.69) is 0 Å². The van der Waals surface area contributed by atoms with Gasteiger partial charge in [0.15, 0.2) is 0 Å². The summed E-state index contributed by atoms with van der Waals surface area (Å²) in [6.07, 6.45) is 3.24. The van der Waals surface area contributed by atoms with Crippen LogP contribution in [-0.4, -0.2) is 12.7 Å². The topological polar surface area (TPSA) is 38.8 Å². The summed E-state index contributed by atoms with van der Waals surface area (Å²) in [7, 11) is 0. The Morgan fingerprint density at radius 2 is 1.81 bits per heavy atom. The fourth-order valence-corrected chi connectivity index (χ4v) is 2.82. The summed E-state index contributed by atoms with van der Waals surface area (Å²) in [5.41, 5.74) is 1.81. The van der Waals surface area contributed by atoms with Gasteiger partial charge >= 0.3 is 6.09 Å². The average molecular weight is 370 g/mol. The Morgan fingerprint density at radius 3 is 2.46 bits per heavy atom. The Kier molecular flexibility index (Phi) is 5.64. The minimum absolute atomic E-state index is 0.131. The number of rotatable bonds is 5. The number of cyclic esters (lactones) is 1. The van der Waals surface area contributed by atoms with Gasteiger partial charge in [0.05, 0.1) is 6.04 Å². The highest BCUT2D eigenvalue weighted by atomic mass is 35.5. The Labute approximate surface area is 158 Å². The molecule has 0 saturated carbocycles. The van der Waals surface area contributed by atoms with Gasteiger partial charge in [0.2, 0.25) is 0 Å². The van der Waals surface area contributed by atoms with Gasteiger partial charge in [-0.25, -0.2) is 4.79 Å². The molecule has 0 radical (unpaired) electrons. The lowest BCUT2D eigenvalue weighted by Crippen LogP contribution is -2.27. The molecule has 5 heteroatoms. The number of amides is 1. The van der Waals surface area contributed by atoms with E-state index in [1.165, 1.54) is 0 Å². The zero-order valence-electron chi connectivity index (χ0n) is 14.7. The van der Waals surface area contributed by atoms with Crippen molar-refractivity contribution >= 4 is 23.4 Å². The van der Waals surface area contributed by atoms with Crippen molar-refractivity contribution in [2.45, 2.75) is 19.9 Å². The van der Waals surface area contributed by atoms with E-state index in [1.807, 2.05) is 61.5 Å². The molecule has 0 N–H and O–H groups in total. The molecular formula is C21H20ClNO3. The Bertz CT molecular complexity index is 824. The molecular weight excluding hydrogens is 350 g/mol. The van der Waals surface area contributed by atoms with Crippen molar-refractivity contribution in [3.8, 4) is 5.75 Å². The smallest absolute Gasteiger partial charge is 0.415 e. The van der Waals surface area contributed by atoms with Crippen molar-refractivity contribution in [3.05, 3.63) is 83.1 Å². The molecule has 1 heterocycles. The maximum absolute atomic E-state index is 12.2. The van der Waals surface area contributed by atoms with Crippen molar-refractivity contribution in [2.75, 3.05) is 11.5 Å². The predicted molar refractivity (Wildman–Crippen MR) is 103 cm³/mol. The first-order valence-corrected chi connectivity index (χ1v) is 8.72. The summed E-state index contributed by atoms with van der Waals surface area (Å²) in [6.45, 7) is 4.00. The van der Waals surface area contributed by atoms with E-state index in [1.54, 1.807) is 24.0 Å². The maximum atomic E-state index is 12.2. The molecule has 0 spiro atoms. The van der Waals surface area contributed by atoms with Crippen molar-refractivity contribution in [1.29, 1.82) is 0 Å². The van der Waals surface area contributed by atoms with E-state index in [0.717, 1.165) is 17.0 Å². The van der Waals surface area contributed by atoms with Gasteiger partial charge in [-0.05, 0) is 55.8 Å².